The summed E-state index contributed by atoms with van der Waals surface area (Å²) in [4.78, 5) is 30.9. The zero-order chi connectivity index (χ0) is 20.6. The topological polar surface area (TPSA) is 62.3 Å². The molecule has 2 heterocycles. The van der Waals surface area contributed by atoms with Gasteiger partial charge >= 0.3 is 0 Å². The predicted molar refractivity (Wildman–Crippen MR) is 122 cm³/mol. The minimum Gasteiger partial charge on any atom is -0.325 e. The average molecular weight is 424 g/mol. The number of hydrogen-bond donors (Lipinski definition) is 1. The molecule has 0 atom stereocenters. The predicted octanol–water partition coefficient (Wildman–Crippen LogP) is 4.65. The van der Waals surface area contributed by atoms with Gasteiger partial charge in [0, 0.05) is 19.2 Å². The summed E-state index contributed by atoms with van der Waals surface area (Å²) in [6, 6.07) is 13.5. The van der Waals surface area contributed by atoms with E-state index in [1.807, 2.05) is 49.4 Å². The third-order valence-electron chi connectivity index (χ3n) is 4.16. The quantitative estimate of drug-likeness (QED) is 0.519. The number of anilines is 1. The first-order valence-electron chi connectivity index (χ1n) is 9.21. The molecule has 2 aromatic rings. The van der Waals surface area contributed by atoms with Crippen molar-refractivity contribution in [1.82, 2.24) is 9.88 Å². The van der Waals surface area contributed by atoms with E-state index < -0.39 is 0 Å². The Kier molecular flexibility index (Phi) is 7.32. The molecule has 1 aromatic carbocycles. The number of thiocarbonyl (C=S) groups is 1. The van der Waals surface area contributed by atoms with Crippen LogP contribution >= 0.6 is 24.0 Å². The van der Waals surface area contributed by atoms with Crippen LogP contribution in [0.15, 0.2) is 71.4 Å². The second-order valence-electron chi connectivity index (χ2n) is 6.53. The van der Waals surface area contributed by atoms with Crippen molar-refractivity contribution in [2.75, 3.05) is 11.9 Å². The molecule has 0 radical (unpaired) electrons. The third kappa shape index (κ3) is 6.10. The third-order valence-corrected chi connectivity index (χ3v) is 5.53. The molecular weight excluding hydrogens is 402 g/mol. The highest BCUT2D eigenvalue weighted by atomic mass is 32.2. The zero-order valence-corrected chi connectivity index (χ0v) is 17.6. The average Bonchev–Trinajstić information content (AvgIpc) is 2.96. The normalized spacial score (nSPS) is 15.8. The van der Waals surface area contributed by atoms with Gasteiger partial charge in [-0.2, -0.15) is 0 Å². The molecule has 29 heavy (non-hydrogen) atoms. The highest BCUT2D eigenvalue weighted by molar-refractivity contribution is 8.26. The Balaban J connectivity index is 1.53. The van der Waals surface area contributed by atoms with Crippen LogP contribution in [0.25, 0.3) is 6.08 Å². The zero-order valence-electron chi connectivity index (χ0n) is 16.0. The molecular formula is C22H21N3O2S2. The molecule has 1 aliphatic rings. The Morgan fingerprint density at radius 1 is 1.24 bits per heavy atom. The molecule has 2 amide bonds. The van der Waals surface area contributed by atoms with E-state index in [2.05, 4.69) is 10.3 Å². The highest BCUT2D eigenvalue weighted by Crippen LogP contribution is 2.32. The fourth-order valence-corrected chi connectivity index (χ4v) is 4.17. The van der Waals surface area contributed by atoms with Gasteiger partial charge in [-0.05, 0) is 42.7 Å². The van der Waals surface area contributed by atoms with Crippen LogP contribution in [-0.2, 0) is 9.59 Å². The number of nitrogens with zero attached hydrogens (tertiary/aromatic N) is 2. The van der Waals surface area contributed by atoms with Crippen LogP contribution in [0.2, 0.25) is 0 Å². The number of pyridine rings is 1. The number of aromatic nitrogens is 1. The summed E-state index contributed by atoms with van der Waals surface area (Å²) < 4.78 is 0.529. The van der Waals surface area contributed by atoms with Crippen LogP contribution < -0.4 is 5.32 Å². The minimum atomic E-state index is -0.111. The van der Waals surface area contributed by atoms with Gasteiger partial charge in [-0.25, -0.2) is 0 Å². The molecule has 0 unspecified atom stereocenters. The van der Waals surface area contributed by atoms with Gasteiger partial charge in [-0.1, -0.05) is 60.4 Å². The fraction of sp³-hybridized carbons (Fsp3) is 0.182. The molecule has 0 bridgehead atoms. The number of thioether (sulfide) groups is 1. The minimum absolute atomic E-state index is 0.103. The Morgan fingerprint density at radius 3 is 2.76 bits per heavy atom. The van der Waals surface area contributed by atoms with Crippen molar-refractivity contribution < 1.29 is 9.59 Å². The lowest BCUT2D eigenvalue weighted by atomic mass is 10.1. The van der Waals surface area contributed by atoms with Crippen molar-refractivity contribution in [3.8, 4) is 0 Å². The van der Waals surface area contributed by atoms with Crippen LogP contribution in [-0.4, -0.2) is 32.6 Å². The van der Waals surface area contributed by atoms with E-state index in [-0.39, 0.29) is 11.8 Å². The molecule has 1 aromatic heterocycles. The number of amides is 2. The second kappa shape index (κ2) is 10.1. The number of rotatable bonds is 7. The van der Waals surface area contributed by atoms with Crippen LogP contribution in [0.4, 0.5) is 5.69 Å². The maximum Gasteiger partial charge on any atom is 0.266 e. The van der Waals surface area contributed by atoms with Crippen LogP contribution in [0, 0.1) is 0 Å². The van der Waals surface area contributed by atoms with Crippen molar-refractivity contribution >= 4 is 51.9 Å². The van der Waals surface area contributed by atoms with Gasteiger partial charge in [-0.3, -0.25) is 19.5 Å². The lowest BCUT2D eigenvalue weighted by Crippen LogP contribution is -2.29. The van der Waals surface area contributed by atoms with E-state index >= 15 is 0 Å². The molecule has 7 heteroatoms. The summed E-state index contributed by atoms with van der Waals surface area (Å²) in [5.74, 6) is -0.214. The van der Waals surface area contributed by atoms with Crippen LogP contribution in [0.5, 0.6) is 0 Å². The van der Waals surface area contributed by atoms with Crippen molar-refractivity contribution in [3.05, 3.63) is 77.0 Å². The van der Waals surface area contributed by atoms with Gasteiger partial charge < -0.3 is 5.32 Å². The summed E-state index contributed by atoms with van der Waals surface area (Å²) in [5, 5.41) is 2.79. The standard InChI is InChI=1S/C22H21N3O2S2/c1-16(13-17-7-3-2-4-8-17)14-19-21(27)25(22(28)29-19)12-6-10-20(26)24-18-9-5-11-23-15-18/h2-5,7-9,11,13-15H,6,10,12H2,1H3,(H,24,26). The first-order valence-corrected chi connectivity index (χ1v) is 10.4. The monoisotopic (exact) mass is 423 g/mol. The summed E-state index contributed by atoms with van der Waals surface area (Å²) in [6.07, 6.45) is 7.96. The van der Waals surface area contributed by atoms with Crippen LogP contribution in [0.3, 0.4) is 0 Å². The van der Waals surface area contributed by atoms with Gasteiger partial charge in [0.15, 0.2) is 0 Å². The van der Waals surface area contributed by atoms with E-state index in [0.717, 1.165) is 11.1 Å². The maximum atomic E-state index is 12.7. The number of carbonyl (C=O) groups excluding carboxylic acids is 2. The SMILES string of the molecule is CC(=Cc1ccccc1)C=C1SC(=S)N(CCCC(=O)Nc2cccnc2)C1=O. The first-order chi connectivity index (χ1) is 14.0. The van der Waals surface area contributed by atoms with E-state index in [4.69, 9.17) is 12.2 Å². The van der Waals surface area contributed by atoms with Gasteiger partial charge in [0.2, 0.25) is 5.91 Å². The second-order valence-corrected chi connectivity index (χ2v) is 8.20. The Morgan fingerprint density at radius 2 is 2.03 bits per heavy atom. The van der Waals surface area contributed by atoms with E-state index in [1.165, 1.54) is 11.8 Å². The molecule has 0 aliphatic carbocycles. The van der Waals surface area contributed by atoms with Gasteiger partial charge in [0.05, 0.1) is 16.8 Å². The molecule has 1 N–H and O–H groups in total. The number of allylic oxidation sites excluding steroid dienone is 2. The molecule has 0 spiro atoms. The molecule has 3 rings (SSSR count). The fourth-order valence-electron chi connectivity index (χ4n) is 2.81. The van der Waals surface area contributed by atoms with Crippen molar-refractivity contribution in [2.45, 2.75) is 19.8 Å². The summed E-state index contributed by atoms with van der Waals surface area (Å²) in [7, 11) is 0. The summed E-state index contributed by atoms with van der Waals surface area (Å²) in [5.41, 5.74) is 2.72. The maximum absolute atomic E-state index is 12.7. The van der Waals surface area contributed by atoms with E-state index in [1.54, 1.807) is 29.4 Å². The number of hydrogen-bond acceptors (Lipinski definition) is 5. The van der Waals surface area contributed by atoms with Gasteiger partial charge in [0.25, 0.3) is 5.91 Å². The molecule has 5 nitrogen and oxygen atoms in total. The summed E-state index contributed by atoms with van der Waals surface area (Å²) in [6.45, 7) is 2.38. The number of carbonyl (C=O) groups is 2. The van der Waals surface area contributed by atoms with Crippen molar-refractivity contribution in [1.29, 1.82) is 0 Å². The molecule has 1 fully saturated rings. The lowest BCUT2D eigenvalue weighted by Gasteiger charge is -2.14. The van der Waals surface area contributed by atoms with E-state index in [0.29, 0.717) is 34.3 Å². The Hall–Kier alpha value is -2.77. The first kappa shape index (κ1) is 21.0. The lowest BCUT2D eigenvalue weighted by molar-refractivity contribution is -0.122. The highest BCUT2D eigenvalue weighted by Gasteiger charge is 2.31. The Labute approximate surface area is 179 Å². The molecule has 1 saturated heterocycles. The Bertz CT molecular complexity index is 957. The summed E-state index contributed by atoms with van der Waals surface area (Å²) >= 11 is 6.66. The van der Waals surface area contributed by atoms with Crippen LogP contribution in [0.1, 0.15) is 25.3 Å². The molecule has 148 valence electrons. The van der Waals surface area contributed by atoms with Gasteiger partial charge in [0.1, 0.15) is 4.32 Å². The van der Waals surface area contributed by atoms with E-state index in [9.17, 15) is 9.59 Å². The molecule has 0 saturated carbocycles. The number of nitrogens with one attached hydrogen (secondary N) is 1. The molecule has 1 aliphatic heterocycles. The smallest absolute Gasteiger partial charge is 0.266 e. The van der Waals surface area contributed by atoms with Gasteiger partial charge in [-0.15, -0.1) is 0 Å². The van der Waals surface area contributed by atoms with Crippen molar-refractivity contribution in [3.63, 3.8) is 0 Å². The van der Waals surface area contributed by atoms with Crippen molar-refractivity contribution in [2.24, 2.45) is 0 Å². The largest absolute Gasteiger partial charge is 0.325 e. The number of benzene rings is 1.